The molecule has 0 aliphatic carbocycles. The minimum absolute atomic E-state index is 0.0937. The molecule has 0 radical (unpaired) electrons. The Kier molecular flexibility index (Phi) is 4.36. The molecule has 86 valence electrons. The van der Waals surface area contributed by atoms with E-state index in [-0.39, 0.29) is 6.01 Å². The molecule has 15 heavy (non-hydrogen) atoms. The van der Waals surface area contributed by atoms with Crippen molar-refractivity contribution >= 4 is 12.0 Å². The van der Waals surface area contributed by atoms with E-state index in [9.17, 15) is 0 Å². The zero-order chi connectivity index (χ0) is 11.3. The lowest BCUT2D eigenvalue weighted by atomic mass is 10.2. The molecule has 0 aliphatic heterocycles. The molecule has 1 heterocycles. The second kappa shape index (κ2) is 5.55. The van der Waals surface area contributed by atoms with Crippen LogP contribution >= 0.6 is 0 Å². The number of ether oxygens (including phenoxy) is 1. The van der Waals surface area contributed by atoms with Gasteiger partial charge in [-0.1, -0.05) is 24.0 Å². The van der Waals surface area contributed by atoms with Crippen molar-refractivity contribution in [3.63, 3.8) is 0 Å². The van der Waals surface area contributed by atoms with E-state index in [0.29, 0.717) is 18.5 Å². The van der Waals surface area contributed by atoms with Crippen LogP contribution in [0.5, 0.6) is 0 Å². The molecule has 0 saturated carbocycles. The smallest absolute Gasteiger partial charge is 0.319 e. The number of hydrogen-bond donors (Lipinski definition) is 1. The van der Waals surface area contributed by atoms with Crippen LogP contribution < -0.4 is 10.6 Å². The van der Waals surface area contributed by atoms with Crippen LogP contribution in [0, 0.1) is 5.92 Å². The maximum atomic E-state index is 5.38. The first kappa shape index (κ1) is 11.8. The SMILES string of the molecule is COCCN(CC(C)C)c1nnc(N)o1. The lowest BCUT2D eigenvalue weighted by Crippen LogP contribution is -2.31. The van der Waals surface area contributed by atoms with Gasteiger partial charge in [-0.05, 0) is 5.92 Å². The molecule has 0 amide bonds. The van der Waals surface area contributed by atoms with Crippen LogP contribution in [0.15, 0.2) is 4.42 Å². The molecule has 6 nitrogen and oxygen atoms in total. The number of hydrogen-bond acceptors (Lipinski definition) is 6. The molecule has 2 N–H and O–H groups in total. The van der Waals surface area contributed by atoms with Crippen LogP contribution in [0.4, 0.5) is 12.0 Å². The first-order valence-electron chi connectivity index (χ1n) is 4.96. The minimum Gasteiger partial charge on any atom is -0.390 e. The summed E-state index contributed by atoms with van der Waals surface area (Å²) in [6, 6.07) is 0.550. The van der Waals surface area contributed by atoms with Crippen LogP contribution in [-0.2, 0) is 4.74 Å². The molecule has 0 atom stereocenters. The Hall–Kier alpha value is -1.30. The number of nitrogens with two attached hydrogens (primary N) is 1. The first-order chi connectivity index (χ1) is 7.13. The lowest BCUT2D eigenvalue weighted by Gasteiger charge is -2.21. The average molecular weight is 214 g/mol. The van der Waals surface area contributed by atoms with Crippen LogP contribution in [0.2, 0.25) is 0 Å². The van der Waals surface area contributed by atoms with E-state index in [2.05, 4.69) is 24.0 Å². The van der Waals surface area contributed by atoms with Crippen molar-refractivity contribution in [1.29, 1.82) is 0 Å². The van der Waals surface area contributed by atoms with E-state index < -0.39 is 0 Å². The Bertz CT molecular complexity index is 287. The van der Waals surface area contributed by atoms with Crippen molar-refractivity contribution in [1.82, 2.24) is 10.2 Å². The van der Waals surface area contributed by atoms with Crippen LogP contribution in [0.1, 0.15) is 13.8 Å². The molecular weight excluding hydrogens is 196 g/mol. The quantitative estimate of drug-likeness (QED) is 0.753. The zero-order valence-electron chi connectivity index (χ0n) is 9.43. The van der Waals surface area contributed by atoms with E-state index in [1.165, 1.54) is 0 Å². The predicted molar refractivity (Wildman–Crippen MR) is 57.6 cm³/mol. The Balaban J connectivity index is 2.62. The van der Waals surface area contributed by atoms with Crippen LogP contribution in [0.25, 0.3) is 0 Å². The second-order valence-corrected chi connectivity index (χ2v) is 3.76. The summed E-state index contributed by atoms with van der Waals surface area (Å²) in [6.07, 6.45) is 0. The molecular formula is C9H18N4O2. The molecule has 0 unspecified atom stereocenters. The Morgan fingerprint density at radius 3 is 2.67 bits per heavy atom. The van der Waals surface area contributed by atoms with Crippen LogP contribution in [0.3, 0.4) is 0 Å². The van der Waals surface area contributed by atoms with E-state index in [4.69, 9.17) is 14.9 Å². The monoisotopic (exact) mass is 214 g/mol. The van der Waals surface area contributed by atoms with Gasteiger partial charge in [-0.25, -0.2) is 0 Å². The molecule has 0 aromatic carbocycles. The summed E-state index contributed by atoms with van der Waals surface area (Å²) in [6.45, 7) is 6.43. The van der Waals surface area contributed by atoms with Gasteiger partial charge in [0.1, 0.15) is 0 Å². The van der Waals surface area contributed by atoms with Gasteiger partial charge in [0, 0.05) is 20.2 Å². The van der Waals surface area contributed by atoms with Crippen molar-refractivity contribution in [3.8, 4) is 0 Å². The highest BCUT2D eigenvalue weighted by Crippen LogP contribution is 2.14. The first-order valence-corrected chi connectivity index (χ1v) is 4.96. The van der Waals surface area contributed by atoms with Crippen molar-refractivity contribution in [2.75, 3.05) is 37.4 Å². The highest BCUT2D eigenvalue weighted by Gasteiger charge is 2.14. The Labute approximate surface area is 89.4 Å². The van der Waals surface area contributed by atoms with Gasteiger partial charge < -0.3 is 19.8 Å². The topological polar surface area (TPSA) is 77.4 Å². The Morgan fingerprint density at radius 2 is 2.20 bits per heavy atom. The molecule has 0 fully saturated rings. The molecule has 0 aliphatic rings. The summed E-state index contributed by atoms with van der Waals surface area (Å²) < 4.78 is 10.2. The summed E-state index contributed by atoms with van der Waals surface area (Å²) in [7, 11) is 1.66. The number of rotatable bonds is 6. The average Bonchev–Trinajstić information content (AvgIpc) is 2.58. The fraction of sp³-hybridized carbons (Fsp3) is 0.778. The summed E-state index contributed by atoms with van der Waals surface area (Å²) in [5, 5.41) is 7.48. The van der Waals surface area contributed by atoms with E-state index in [1.807, 2.05) is 4.90 Å². The number of anilines is 2. The van der Waals surface area contributed by atoms with Gasteiger partial charge in [0.15, 0.2) is 0 Å². The standard InChI is InChI=1S/C9H18N4O2/c1-7(2)6-13(4-5-14-3)9-12-11-8(10)15-9/h7H,4-6H2,1-3H3,(H2,10,11). The van der Waals surface area contributed by atoms with Gasteiger partial charge in [-0.3, -0.25) is 0 Å². The lowest BCUT2D eigenvalue weighted by molar-refractivity contribution is 0.203. The van der Waals surface area contributed by atoms with Crippen molar-refractivity contribution in [2.45, 2.75) is 13.8 Å². The summed E-state index contributed by atoms with van der Waals surface area (Å²) >= 11 is 0. The summed E-state index contributed by atoms with van der Waals surface area (Å²) in [5.74, 6) is 0.509. The van der Waals surface area contributed by atoms with Crippen molar-refractivity contribution in [2.24, 2.45) is 5.92 Å². The Morgan fingerprint density at radius 1 is 1.47 bits per heavy atom. The molecule has 1 aromatic rings. The third-order valence-corrected chi connectivity index (χ3v) is 1.85. The fourth-order valence-corrected chi connectivity index (χ4v) is 1.26. The van der Waals surface area contributed by atoms with Gasteiger partial charge in [0.25, 0.3) is 0 Å². The third-order valence-electron chi connectivity index (χ3n) is 1.85. The van der Waals surface area contributed by atoms with Crippen molar-refractivity contribution in [3.05, 3.63) is 0 Å². The number of nitrogen functional groups attached to an aromatic ring is 1. The zero-order valence-corrected chi connectivity index (χ0v) is 9.43. The van der Waals surface area contributed by atoms with E-state index in [0.717, 1.165) is 13.1 Å². The van der Waals surface area contributed by atoms with Gasteiger partial charge >= 0.3 is 12.0 Å². The molecule has 0 bridgehead atoms. The van der Waals surface area contributed by atoms with E-state index in [1.54, 1.807) is 7.11 Å². The summed E-state index contributed by atoms with van der Waals surface area (Å²) in [5.41, 5.74) is 5.38. The van der Waals surface area contributed by atoms with E-state index >= 15 is 0 Å². The third kappa shape index (κ3) is 3.75. The minimum atomic E-state index is 0.0937. The molecule has 0 spiro atoms. The maximum absolute atomic E-state index is 5.38. The molecule has 1 aromatic heterocycles. The summed E-state index contributed by atoms with van der Waals surface area (Å²) in [4.78, 5) is 1.97. The highest BCUT2D eigenvalue weighted by atomic mass is 16.5. The maximum Gasteiger partial charge on any atom is 0.319 e. The predicted octanol–water partition coefficient (Wildman–Crippen LogP) is 0.761. The second-order valence-electron chi connectivity index (χ2n) is 3.76. The van der Waals surface area contributed by atoms with Gasteiger partial charge in [-0.15, -0.1) is 0 Å². The van der Waals surface area contributed by atoms with Crippen molar-refractivity contribution < 1.29 is 9.15 Å². The normalized spacial score (nSPS) is 10.9. The van der Waals surface area contributed by atoms with Gasteiger partial charge in [0.2, 0.25) is 0 Å². The molecule has 1 rings (SSSR count). The molecule has 0 saturated heterocycles. The van der Waals surface area contributed by atoms with Crippen LogP contribution in [-0.4, -0.2) is 37.0 Å². The van der Waals surface area contributed by atoms with Gasteiger partial charge in [-0.2, -0.15) is 0 Å². The number of methoxy groups -OCH3 is 1. The number of nitrogens with zero attached hydrogens (tertiary/aromatic N) is 3. The van der Waals surface area contributed by atoms with Gasteiger partial charge in [0.05, 0.1) is 6.61 Å². The molecule has 6 heteroatoms. The highest BCUT2D eigenvalue weighted by molar-refractivity contribution is 5.27. The number of aromatic nitrogens is 2. The largest absolute Gasteiger partial charge is 0.390 e. The fourth-order valence-electron chi connectivity index (χ4n) is 1.26.